The van der Waals surface area contributed by atoms with E-state index in [2.05, 4.69) is 11.0 Å². The van der Waals surface area contributed by atoms with Crippen LogP contribution >= 0.6 is 0 Å². The first-order chi connectivity index (χ1) is 15.8. The molecule has 0 aromatic heterocycles. The number of phenolic OH excluding ortho intramolecular Hbond substituents is 1. The van der Waals surface area contributed by atoms with Gasteiger partial charge >= 0.3 is 0 Å². The van der Waals surface area contributed by atoms with E-state index in [9.17, 15) is 14.6 Å². The monoisotopic (exact) mass is 457 g/mol. The van der Waals surface area contributed by atoms with Gasteiger partial charge in [-0.05, 0) is 82.9 Å². The Hall–Kier alpha value is -1.37. The number of piperidine rings is 1. The minimum Gasteiger partial charge on any atom is -0.504 e. The number of alkyl halides is 1. The predicted molar refractivity (Wildman–Crippen MR) is 121 cm³/mol. The number of nitrogens with zero attached hydrogens (tertiary/aromatic N) is 1. The second-order valence-electron chi connectivity index (χ2n) is 12.4. The summed E-state index contributed by atoms with van der Waals surface area (Å²) in [6, 6.07) is 4.30. The second-order valence-corrected chi connectivity index (χ2v) is 12.4. The molecule has 5 aliphatic carbocycles. The zero-order valence-corrected chi connectivity index (χ0v) is 19.8. The number of rotatable bonds is 6. The van der Waals surface area contributed by atoms with Crippen molar-refractivity contribution in [3.8, 4) is 11.5 Å². The molecule has 2 N–H and O–H groups in total. The van der Waals surface area contributed by atoms with E-state index in [0.717, 1.165) is 44.6 Å². The highest BCUT2D eigenvalue weighted by Gasteiger charge is 2.81. The van der Waals surface area contributed by atoms with E-state index in [0.29, 0.717) is 11.8 Å². The van der Waals surface area contributed by atoms with Gasteiger partial charge < -0.3 is 19.7 Å². The molecule has 1 saturated heterocycles. The molecule has 33 heavy (non-hydrogen) atoms. The fourth-order valence-corrected chi connectivity index (χ4v) is 9.36. The van der Waals surface area contributed by atoms with Crippen LogP contribution in [0.2, 0.25) is 0 Å². The van der Waals surface area contributed by atoms with Crippen molar-refractivity contribution >= 4 is 0 Å². The topological polar surface area (TPSA) is 62.2 Å². The molecule has 0 unspecified atom stereocenters. The van der Waals surface area contributed by atoms with Gasteiger partial charge in [0.25, 0.3) is 0 Å². The quantitative estimate of drug-likeness (QED) is 0.682. The number of aliphatic hydroxyl groups is 1. The summed E-state index contributed by atoms with van der Waals surface area (Å²) in [6.45, 7) is 5.44. The molecule has 4 bridgehead atoms. The molecule has 8 rings (SSSR count). The maximum absolute atomic E-state index is 13.5. The lowest BCUT2D eigenvalue weighted by atomic mass is 9.34. The Balaban J connectivity index is 1.46. The molecule has 0 amide bonds. The number of benzene rings is 1. The SMILES string of the molecule is CC(C)(O)[C@H]1C[C@@]23CC[C@]1(OCCF)[C@@H]1Oc4c(O)ccc5c4[C@@]12CCN(CC1CC1)[C@@H]3C5. The maximum Gasteiger partial charge on any atom is 0.165 e. The van der Waals surface area contributed by atoms with Gasteiger partial charge in [0.15, 0.2) is 11.5 Å². The minimum absolute atomic E-state index is 0.0158. The Morgan fingerprint density at radius 2 is 2.06 bits per heavy atom. The van der Waals surface area contributed by atoms with E-state index in [1.165, 1.54) is 30.5 Å². The van der Waals surface area contributed by atoms with Gasteiger partial charge in [0.1, 0.15) is 18.4 Å². The first-order valence-electron chi connectivity index (χ1n) is 13.0. The Morgan fingerprint density at radius 3 is 2.79 bits per heavy atom. The van der Waals surface area contributed by atoms with Gasteiger partial charge in [0.05, 0.1) is 12.2 Å². The van der Waals surface area contributed by atoms with E-state index in [1.54, 1.807) is 6.07 Å². The van der Waals surface area contributed by atoms with Crippen LogP contribution in [-0.2, 0) is 16.6 Å². The van der Waals surface area contributed by atoms with Crippen LogP contribution in [0.1, 0.15) is 63.5 Å². The van der Waals surface area contributed by atoms with Crippen molar-refractivity contribution in [1.82, 2.24) is 4.90 Å². The van der Waals surface area contributed by atoms with Gasteiger partial charge in [-0.15, -0.1) is 0 Å². The molecule has 7 aliphatic rings. The van der Waals surface area contributed by atoms with E-state index in [4.69, 9.17) is 9.47 Å². The number of hydrogen-bond donors (Lipinski definition) is 2. The number of ether oxygens (including phenoxy) is 2. The molecule has 6 atom stereocenters. The number of phenols is 1. The van der Waals surface area contributed by atoms with E-state index >= 15 is 0 Å². The fraction of sp³-hybridized carbons (Fsp3) is 0.778. The van der Waals surface area contributed by atoms with Gasteiger partial charge in [-0.1, -0.05) is 6.07 Å². The van der Waals surface area contributed by atoms with Crippen LogP contribution in [0.15, 0.2) is 12.1 Å². The van der Waals surface area contributed by atoms with Crippen molar-refractivity contribution in [2.24, 2.45) is 17.3 Å². The van der Waals surface area contributed by atoms with Gasteiger partial charge in [0, 0.05) is 34.9 Å². The zero-order chi connectivity index (χ0) is 22.8. The molecular weight excluding hydrogens is 421 g/mol. The molecule has 5 fully saturated rings. The number of likely N-dealkylation sites (tertiary alicyclic amines) is 1. The molecule has 2 aliphatic heterocycles. The summed E-state index contributed by atoms with van der Waals surface area (Å²) in [4.78, 5) is 2.76. The third kappa shape index (κ3) is 2.38. The van der Waals surface area contributed by atoms with Crippen LogP contribution in [0.25, 0.3) is 0 Å². The molecule has 6 heteroatoms. The third-order valence-corrected chi connectivity index (χ3v) is 10.6. The molecule has 180 valence electrons. The third-order valence-electron chi connectivity index (χ3n) is 10.6. The average molecular weight is 458 g/mol. The lowest BCUT2D eigenvalue weighted by Crippen LogP contribution is -2.82. The highest BCUT2D eigenvalue weighted by molar-refractivity contribution is 5.63. The maximum atomic E-state index is 13.5. The summed E-state index contributed by atoms with van der Waals surface area (Å²) in [5.41, 5.74) is 0.515. The van der Waals surface area contributed by atoms with Crippen molar-refractivity contribution in [2.75, 3.05) is 26.4 Å². The van der Waals surface area contributed by atoms with Crippen LogP contribution < -0.4 is 4.74 Å². The van der Waals surface area contributed by atoms with Crippen molar-refractivity contribution < 1.29 is 24.1 Å². The number of fused-ring (bicyclic) bond motifs is 2. The smallest absolute Gasteiger partial charge is 0.165 e. The number of hydrogen-bond acceptors (Lipinski definition) is 5. The molecule has 0 radical (unpaired) electrons. The molecule has 1 aromatic rings. The Labute approximate surface area is 195 Å². The largest absolute Gasteiger partial charge is 0.504 e. The lowest BCUT2D eigenvalue weighted by molar-refractivity contribution is -0.307. The van der Waals surface area contributed by atoms with Crippen LogP contribution in [0.3, 0.4) is 0 Å². The lowest BCUT2D eigenvalue weighted by Gasteiger charge is -2.75. The second kappa shape index (κ2) is 6.44. The van der Waals surface area contributed by atoms with Gasteiger partial charge in [-0.2, -0.15) is 0 Å². The molecular formula is C27H36FNO4. The van der Waals surface area contributed by atoms with Crippen molar-refractivity contribution in [3.05, 3.63) is 23.3 Å². The van der Waals surface area contributed by atoms with E-state index < -0.39 is 17.9 Å². The van der Waals surface area contributed by atoms with Crippen molar-refractivity contribution in [1.29, 1.82) is 0 Å². The summed E-state index contributed by atoms with van der Waals surface area (Å²) in [6.07, 6.45) is 6.97. The molecule has 1 aromatic carbocycles. The number of halogens is 1. The van der Waals surface area contributed by atoms with E-state index in [1.807, 2.05) is 13.8 Å². The number of aromatic hydroxyl groups is 1. The summed E-state index contributed by atoms with van der Waals surface area (Å²) in [5, 5.41) is 22.3. The molecule has 5 nitrogen and oxygen atoms in total. The normalized spacial score (nSPS) is 42.8. The van der Waals surface area contributed by atoms with Gasteiger partial charge in [-0.3, -0.25) is 4.90 Å². The Kier molecular flexibility index (Phi) is 4.09. The molecule has 4 saturated carbocycles. The first kappa shape index (κ1) is 21.0. The first-order valence-corrected chi connectivity index (χ1v) is 13.0. The van der Waals surface area contributed by atoms with Crippen LogP contribution in [0.5, 0.6) is 11.5 Å². The highest BCUT2D eigenvalue weighted by atomic mass is 19.1. The summed E-state index contributed by atoms with van der Waals surface area (Å²) >= 11 is 0. The minimum atomic E-state index is -0.971. The highest BCUT2D eigenvalue weighted by Crippen LogP contribution is 2.77. The van der Waals surface area contributed by atoms with Gasteiger partial charge in [-0.25, -0.2) is 4.39 Å². The van der Waals surface area contributed by atoms with E-state index in [-0.39, 0.29) is 35.2 Å². The van der Waals surface area contributed by atoms with Crippen LogP contribution in [0, 0.1) is 17.3 Å². The Morgan fingerprint density at radius 1 is 1.24 bits per heavy atom. The van der Waals surface area contributed by atoms with Gasteiger partial charge in [0.2, 0.25) is 0 Å². The summed E-state index contributed by atoms with van der Waals surface area (Å²) in [7, 11) is 0. The van der Waals surface area contributed by atoms with Crippen LogP contribution in [-0.4, -0.2) is 64.8 Å². The zero-order valence-electron chi connectivity index (χ0n) is 19.8. The molecule has 2 heterocycles. The fourth-order valence-electron chi connectivity index (χ4n) is 9.36. The van der Waals surface area contributed by atoms with Crippen molar-refractivity contribution in [3.63, 3.8) is 0 Å². The Bertz CT molecular complexity index is 1000. The molecule has 2 spiro atoms. The summed E-state index contributed by atoms with van der Waals surface area (Å²) < 4.78 is 26.7. The summed E-state index contributed by atoms with van der Waals surface area (Å²) in [5.74, 6) is 1.51. The van der Waals surface area contributed by atoms with Crippen molar-refractivity contribution in [2.45, 2.75) is 87.6 Å². The standard InChI is InChI=1S/C27H36FNO4/c1-24(2,31)19-14-25-7-8-27(19,32-12-10-28)23-26(25)9-11-29(15-16-3-4-16)20(25)13-17-5-6-18(30)22(33-23)21(17)26/h5-6,16,19-20,23,30-31H,3-4,7-15H2,1-2H3/t19-,20-,23-,25-,26+,27-/m1/s1. The predicted octanol–water partition coefficient (Wildman–Crippen LogP) is 3.73. The average Bonchev–Trinajstić information content (AvgIpc) is 3.52. The van der Waals surface area contributed by atoms with Crippen LogP contribution in [0.4, 0.5) is 4.39 Å².